The Morgan fingerprint density at radius 1 is 1.04 bits per heavy atom. The van der Waals surface area contributed by atoms with Crippen LogP contribution in [0.1, 0.15) is 13.8 Å². The topological polar surface area (TPSA) is 47.0 Å². The number of aromatic nitrogens is 2. The molecule has 0 aliphatic heterocycles. The normalized spacial score (nSPS) is 11.1. The number of hydrogen-bond acceptors (Lipinski definition) is 5. The molecule has 0 fully saturated rings. The fourth-order valence-corrected chi connectivity index (χ4v) is 3.91. The van der Waals surface area contributed by atoms with Crippen molar-refractivity contribution in [3.63, 3.8) is 0 Å². The van der Waals surface area contributed by atoms with Crippen LogP contribution in [0.5, 0.6) is 5.75 Å². The highest BCUT2D eigenvalue weighted by Gasteiger charge is 2.15. The zero-order chi connectivity index (χ0) is 18.8. The molecular weight excluding hydrogens is 378 g/mol. The van der Waals surface area contributed by atoms with Gasteiger partial charge in [0.2, 0.25) is 0 Å². The van der Waals surface area contributed by atoms with Gasteiger partial charge in [0.05, 0.1) is 17.2 Å². The maximum atomic E-state index is 6.04. The second kappa shape index (κ2) is 7.55. The molecule has 0 bridgehead atoms. The summed E-state index contributed by atoms with van der Waals surface area (Å²) < 4.78 is 5.92. The van der Waals surface area contributed by atoms with Crippen molar-refractivity contribution >= 4 is 44.7 Å². The van der Waals surface area contributed by atoms with Gasteiger partial charge in [0.25, 0.3) is 0 Å². The number of nitrogens with zero attached hydrogens (tertiary/aromatic N) is 2. The van der Waals surface area contributed by atoms with Crippen LogP contribution in [-0.2, 0) is 0 Å². The lowest BCUT2D eigenvalue weighted by molar-refractivity contribution is 0.244. The summed E-state index contributed by atoms with van der Waals surface area (Å²) in [4.78, 5) is 9.86. The molecule has 4 rings (SSSR count). The minimum absolute atomic E-state index is 0.0872. The first-order valence-corrected chi connectivity index (χ1v) is 9.88. The predicted octanol–water partition coefficient (Wildman–Crippen LogP) is 6.54. The number of fused-ring (bicyclic) bond motifs is 1. The highest BCUT2D eigenvalue weighted by molar-refractivity contribution is 7.17. The minimum atomic E-state index is 0.0872. The molecule has 0 radical (unpaired) electrons. The highest BCUT2D eigenvalue weighted by Crippen LogP contribution is 2.38. The zero-order valence-corrected chi connectivity index (χ0v) is 16.5. The largest absolute Gasteiger partial charge is 0.489 e. The molecule has 0 aliphatic carbocycles. The fraction of sp³-hybridized carbons (Fsp3) is 0.143. The summed E-state index contributed by atoms with van der Waals surface area (Å²) in [5.74, 6) is 1.55. The van der Waals surface area contributed by atoms with E-state index in [1.807, 2.05) is 62.4 Å². The van der Waals surface area contributed by atoms with Crippen LogP contribution in [0.3, 0.4) is 0 Å². The van der Waals surface area contributed by atoms with E-state index in [1.54, 1.807) is 17.7 Å². The predicted molar refractivity (Wildman–Crippen MR) is 113 cm³/mol. The van der Waals surface area contributed by atoms with E-state index in [0.717, 1.165) is 38.6 Å². The molecule has 6 heteroatoms. The van der Waals surface area contributed by atoms with Gasteiger partial charge in [-0.15, -0.1) is 11.3 Å². The Hall–Kier alpha value is -2.63. The Kier molecular flexibility index (Phi) is 4.97. The Morgan fingerprint density at radius 2 is 1.81 bits per heavy atom. The van der Waals surface area contributed by atoms with E-state index in [4.69, 9.17) is 16.3 Å². The molecule has 4 aromatic rings. The van der Waals surface area contributed by atoms with Crippen LogP contribution < -0.4 is 10.1 Å². The zero-order valence-electron chi connectivity index (χ0n) is 14.9. The number of para-hydroxylation sites is 2. The van der Waals surface area contributed by atoms with Crippen LogP contribution in [0.15, 0.2) is 60.2 Å². The maximum absolute atomic E-state index is 6.04. The lowest BCUT2D eigenvalue weighted by atomic mass is 10.1. The van der Waals surface area contributed by atoms with Gasteiger partial charge >= 0.3 is 0 Å². The fourth-order valence-electron chi connectivity index (χ4n) is 2.87. The van der Waals surface area contributed by atoms with E-state index in [0.29, 0.717) is 5.02 Å². The molecule has 2 aromatic heterocycles. The summed E-state index contributed by atoms with van der Waals surface area (Å²) in [5.41, 5.74) is 3.03. The van der Waals surface area contributed by atoms with Gasteiger partial charge in [-0.1, -0.05) is 35.9 Å². The molecule has 1 N–H and O–H groups in total. The van der Waals surface area contributed by atoms with Crippen molar-refractivity contribution in [2.75, 3.05) is 5.32 Å². The van der Waals surface area contributed by atoms with Gasteiger partial charge in [0.15, 0.2) is 0 Å². The first-order valence-electron chi connectivity index (χ1n) is 8.62. The first-order chi connectivity index (χ1) is 13.1. The second-order valence-electron chi connectivity index (χ2n) is 6.35. The third-order valence-electron chi connectivity index (χ3n) is 4.03. The third kappa shape index (κ3) is 3.75. The van der Waals surface area contributed by atoms with E-state index in [-0.39, 0.29) is 6.10 Å². The number of halogens is 1. The number of benzene rings is 2. The minimum Gasteiger partial charge on any atom is -0.489 e. The highest BCUT2D eigenvalue weighted by atomic mass is 35.5. The number of thiophene rings is 1. The molecular formula is C21H18ClN3OS. The monoisotopic (exact) mass is 395 g/mol. The first kappa shape index (κ1) is 17.8. The average molecular weight is 396 g/mol. The van der Waals surface area contributed by atoms with E-state index < -0.39 is 0 Å². The Labute approximate surface area is 166 Å². The Morgan fingerprint density at radius 3 is 2.59 bits per heavy atom. The van der Waals surface area contributed by atoms with E-state index in [9.17, 15) is 0 Å². The quantitative estimate of drug-likeness (QED) is 0.416. The summed E-state index contributed by atoms with van der Waals surface area (Å²) >= 11 is 7.64. The summed E-state index contributed by atoms with van der Waals surface area (Å²) in [5, 5.41) is 7.24. The average Bonchev–Trinajstić information content (AvgIpc) is 3.09. The van der Waals surface area contributed by atoms with E-state index in [1.165, 1.54) is 0 Å². The smallest absolute Gasteiger partial charge is 0.143 e. The molecule has 0 saturated carbocycles. The second-order valence-corrected chi connectivity index (χ2v) is 7.64. The molecule has 0 aliphatic rings. The van der Waals surface area contributed by atoms with Crippen molar-refractivity contribution in [2.24, 2.45) is 0 Å². The van der Waals surface area contributed by atoms with E-state index >= 15 is 0 Å². The molecule has 136 valence electrons. The summed E-state index contributed by atoms with van der Waals surface area (Å²) in [6.07, 6.45) is 1.67. The van der Waals surface area contributed by atoms with Crippen molar-refractivity contribution in [2.45, 2.75) is 20.0 Å². The van der Waals surface area contributed by atoms with Gasteiger partial charge in [-0.2, -0.15) is 0 Å². The lowest BCUT2D eigenvalue weighted by Gasteiger charge is -2.15. The van der Waals surface area contributed by atoms with Gasteiger partial charge in [0, 0.05) is 16.0 Å². The van der Waals surface area contributed by atoms with Gasteiger partial charge in [-0.25, -0.2) is 9.97 Å². The number of ether oxygens (including phenoxy) is 1. The van der Waals surface area contributed by atoms with E-state index in [2.05, 4.69) is 20.7 Å². The molecule has 4 nitrogen and oxygen atoms in total. The SMILES string of the molecule is CC(C)Oc1ccccc1Nc1ncnc2scc(-c3ccc(Cl)cc3)c12. The molecule has 0 unspecified atom stereocenters. The van der Waals surface area contributed by atoms with Crippen LogP contribution in [-0.4, -0.2) is 16.1 Å². The van der Waals surface area contributed by atoms with Crippen molar-refractivity contribution < 1.29 is 4.74 Å². The van der Waals surface area contributed by atoms with Gasteiger partial charge in [-0.05, 0) is 43.7 Å². The maximum Gasteiger partial charge on any atom is 0.143 e. The standard InChI is InChI=1S/C21H18ClN3OS/c1-13(2)26-18-6-4-3-5-17(18)25-20-19-16(11-27-21(19)24-12-23-20)14-7-9-15(22)10-8-14/h3-13H,1-2H3,(H,23,24,25). The van der Waals surface area contributed by atoms with Crippen LogP contribution in [0.4, 0.5) is 11.5 Å². The van der Waals surface area contributed by atoms with Crippen LogP contribution >= 0.6 is 22.9 Å². The Bertz CT molecular complexity index is 1080. The van der Waals surface area contributed by atoms with Crippen molar-refractivity contribution in [3.05, 3.63) is 65.3 Å². The molecule has 0 atom stereocenters. The number of anilines is 2. The van der Waals surface area contributed by atoms with Crippen LogP contribution in [0.2, 0.25) is 5.02 Å². The molecule has 27 heavy (non-hydrogen) atoms. The molecule has 2 aromatic carbocycles. The number of rotatable bonds is 5. The number of nitrogens with one attached hydrogen (secondary N) is 1. The van der Waals surface area contributed by atoms with Gasteiger partial charge in [0.1, 0.15) is 22.7 Å². The lowest BCUT2D eigenvalue weighted by Crippen LogP contribution is -2.07. The van der Waals surface area contributed by atoms with Crippen LogP contribution in [0.25, 0.3) is 21.3 Å². The summed E-state index contributed by atoms with van der Waals surface area (Å²) in [6, 6.07) is 15.7. The third-order valence-corrected chi connectivity index (χ3v) is 5.17. The van der Waals surface area contributed by atoms with Crippen molar-refractivity contribution in [1.82, 2.24) is 9.97 Å². The van der Waals surface area contributed by atoms with Crippen LogP contribution in [0, 0.1) is 0 Å². The number of hydrogen-bond donors (Lipinski definition) is 1. The summed E-state index contributed by atoms with van der Waals surface area (Å²) in [7, 11) is 0. The molecule has 0 spiro atoms. The summed E-state index contributed by atoms with van der Waals surface area (Å²) in [6.45, 7) is 4.02. The van der Waals surface area contributed by atoms with Gasteiger partial charge in [-0.3, -0.25) is 0 Å². The molecule has 0 amide bonds. The van der Waals surface area contributed by atoms with Gasteiger partial charge < -0.3 is 10.1 Å². The van der Waals surface area contributed by atoms with Crippen molar-refractivity contribution in [1.29, 1.82) is 0 Å². The van der Waals surface area contributed by atoms with Crippen molar-refractivity contribution in [3.8, 4) is 16.9 Å². The molecule has 0 saturated heterocycles. The Balaban J connectivity index is 1.79. The molecule has 2 heterocycles.